The van der Waals surface area contributed by atoms with Crippen molar-refractivity contribution in [2.45, 2.75) is 0 Å². The topological polar surface area (TPSA) is 114 Å². The van der Waals surface area contributed by atoms with Crippen molar-refractivity contribution < 1.29 is 27.5 Å². The van der Waals surface area contributed by atoms with E-state index in [1.165, 1.54) is 0 Å². The van der Waals surface area contributed by atoms with Gasteiger partial charge in [-0.1, -0.05) is 0 Å². The Bertz CT molecular complexity index is 71.7. The summed E-state index contributed by atoms with van der Waals surface area (Å²) in [5, 5.41) is 14.4. The Hall–Kier alpha value is 0.266. The smallest absolute Gasteiger partial charge is 0.412 e. The van der Waals surface area contributed by atoms with Crippen molar-refractivity contribution >= 4 is 0 Å². The molecule has 0 radical (unpaired) electrons. The van der Waals surface area contributed by atoms with Crippen molar-refractivity contribution in [2.24, 2.45) is 5.73 Å². The summed E-state index contributed by atoms with van der Waals surface area (Å²) in [7, 11) is 0. The van der Waals surface area contributed by atoms with Gasteiger partial charge in [-0.3, -0.25) is 0 Å². The standard InChI is InChI=1S/C6H18N4O.Co.H2O/c7-1-2-8-3-4-9-5-6-10-11;;/h8-11H,1-7H2;;1H2/q;+3;. The van der Waals surface area contributed by atoms with Crippen molar-refractivity contribution in [3.63, 3.8) is 0 Å². The molecule has 0 aromatic rings. The molecule has 0 saturated carbocycles. The first kappa shape index (κ1) is 18.9. The number of rotatable bonds is 8. The van der Waals surface area contributed by atoms with E-state index >= 15 is 0 Å². The van der Waals surface area contributed by atoms with E-state index in [1.54, 1.807) is 0 Å². The number of hydrogen-bond acceptors (Lipinski definition) is 5. The SMILES string of the molecule is NCCNCCNCCNO.O.[Co+3]. The zero-order chi connectivity index (χ0) is 8.36. The van der Waals surface area contributed by atoms with Gasteiger partial charge >= 0.3 is 16.8 Å². The number of hydrogen-bond donors (Lipinski definition) is 5. The molecule has 0 atom stereocenters. The summed E-state index contributed by atoms with van der Waals surface area (Å²) < 4.78 is 0. The third kappa shape index (κ3) is 18.9. The van der Waals surface area contributed by atoms with Crippen molar-refractivity contribution in [3.8, 4) is 0 Å². The Labute approximate surface area is 89.1 Å². The Morgan fingerprint density at radius 2 is 1.38 bits per heavy atom. The molecule has 82 valence electrons. The van der Waals surface area contributed by atoms with Crippen molar-refractivity contribution in [1.29, 1.82) is 0 Å². The molecule has 0 fully saturated rings. The molecule has 0 spiro atoms. The second kappa shape index (κ2) is 18.1. The Morgan fingerprint density at radius 1 is 0.923 bits per heavy atom. The van der Waals surface area contributed by atoms with Crippen LogP contribution in [0.3, 0.4) is 0 Å². The van der Waals surface area contributed by atoms with Crippen molar-refractivity contribution in [3.05, 3.63) is 0 Å². The first-order valence-corrected chi connectivity index (χ1v) is 3.90. The van der Waals surface area contributed by atoms with Crippen LogP contribution in [0.25, 0.3) is 0 Å². The summed E-state index contributed by atoms with van der Waals surface area (Å²) in [4.78, 5) is 0. The van der Waals surface area contributed by atoms with Gasteiger partial charge in [0, 0.05) is 39.3 Å². The Balaban J connectivity index is -0.000000500. The molecule has 0 aromatic heterocycles. The molecule has 8 N–H and O–H groups in total. The zero-order valence-corrected chi connectivity index (χ0v) is 8.64. The summed E-state index contributed by atoms with van der Waals surface area (Å²) in [6, 6.07) is 0. The minimum absolute atomic E-state index is 0. The molecule has 0 aliphatic heterocycles. The van der Waals surface area contributed by atoms with Gasteiger partial charge in [0.2, 0.25) is 0 Å². The van der Waals surface area contributed by atoms with Crippen molar-refractivity contribution in [2.75, 3.05) is 39.3 Å². The minimum atomic E-state index is 0. The summed E-state index contributed by atoms with van der Waals surface area (Å²) in [6.07, 6.45) is 0. The molecule has 6 nitrogen and oxygen atoms in total. The summed E-state index contributed by atoms with van der Waals surface area (Å²) in [6.45, 7) is 4.72. The molecular formula is C6H20CoN4O2+3. The second-order valence-electron chi connectivity index (χ2n) is 2.20. The van der Waals surface area contributed by atoms with Crippen molar-refractivity contribution in [1.82, 2.24) is 16.1 Å². The molecular weight excluding hydrogens is 219 g/mol. The molecule has 0 aliphatic carbocycles. The van der Waals surface area contributed by atoms with E-state index in [1.807, 2.05) is 0 Å². The van der Waals surface area contributed by atoms with Crippen LogP contribution in [0.1, 0.15) is 0 Å². The fourth-order valence-electron chi connectivity index (χ4n) is 0.673. The maximum absolute atomic E-state index is 8.18. The minimum Gasteiger partial charge on any atom is -0.412 e. The quantitative estimate of drug-likeness (QED) is 0.233. The van der Waals surface area contributed by atoms with Crippen LogP contribution >= 0.6 is 0 Å². The molecule has 7 heteroatoms. The molecule has 0 aromatic carbocycles. The zero-order valence-electron chi connectivity index (χ0n) is 7.60. The van der Waals surface area contributed by atoms with Gasteiger partial charge in [-0.15, -0.1) is 0 Å². The number of nitrogens with one attached hydrogen (secondary N) is 3. The van der Waals surface area contributed by atoms with E-state index in [0.29, 0.717) is 13.1 Å². The van der Waals surface area contributed by atoms with Gasteiger partial charge < -0.3 is 27.1 Å². The van der Waals surface area contributed by atoms with Crippen LogP contribution in [0, 0.1) is 0 Å². The summed E-state index contributed by atoms with van der Waals surface area (Å²) >= 11 is 0. The van der Waals surface area contributed by atoms with E-state index in [9.17, 15) is 0 Å². The average Bonchev–Trinajstić information content (AvgIpc) is 2.03. The maximum Gasteiger partial charge on any atom is 3.00 e. The van der Waals surface area contributed by atoms with Crippen LogP contribution in [0.4, 0.5) is 0 Å². The van der Waals surface area contributed by atoms with E-state index in [4.69, 9.17) is 10.9 Å². The van der Waals surface area contributed by atoms with Crippen LogP contribution in [0.15, 0.2) is 0 Å². The van der Waals surface area contributed by atoms with Gasteiger partial charge in [0.15, 0.2) is 0 Å². The molecule has 0 bridgehead atoms. The van der Waals surface area contributed by atoms with Crippen LogP contribution in [0.2, 0.25) is 0 Å². The van der Waals surface area contributed by atoms with E-state index in [-0.39, 0.29) is 22.3 Å². The first-order valence-electron chi connectivity index (χ1n) is 3.90. The molecule has 0 unspecified atom stereocenters. The molecule has 13 heavy (non-hydrogen) atoms. The maximum atomic E-state index is 8.18. The van der Waals surface area contributed by atoms with E-state index in [0.717, 1.165) is 26.2 Å². The fraction of sp³-hybridized carbons (Fsp3) is 1.00. The summed E-state index contributed by atoms with van der Waals surface area (Å²) in [5.41, 5.74) is 7.33. The van der Waals surface area contributed by atoms with Crippen LogP contribution < -0.4 is 21.8 Å². The third-order valence-electron chi connectivity index (χ3n) is 1.21. The van der Waals surface area contributed by atoms with Gasteiger partial charge in [0.1, 0.15) is 0 Å². The van der Waals surface area contributed by atoms with Gasteiger partial charge in [0.25, 0.3) is 0 Å². The Morgan fingerprint density at radius 3 is 1.85 bits per heavy atom. The summed E-state index contributed by atoms with van der Waals surface area (Å²) in [5.74, 6) is 0. The van der Waals surface area contributed by atoms with Gasteiger partial charge in [-0.05, 0) is 0 Å². The van der Waals surface area contributed by atoms with Crippen LogP contribution in [0.5, 0.6) is 0 Å². The monoisotopic (exact) mass is 239 g/mol. The Kier molecular flexibility index (Phi) is 26.4. The van der Waals surface area contributed by atoms with Gasteiger partial charge in [0.05, 0.1) is 0 Å². The molecule has 0 amide bonds. The average molecular weight is 239 g/mol. The number of nitrogens with two attached hydrogens (primary N) is 1. The van der Waals surface area contributed by atoms with Crippen LogP contribution in [-0.2, 0) is 16.8 Å². The predicted octanol–water partition coefficient (Wildman–Crippen LogP) is -2.72. The fourth-order valence-corrected chi connectivity index (χ4v) is 0.673. The predicted molar refractivity (Wildman–Crippen MR) is 48.2 cm³/mol. The largest absolute Gasteiger partial charge is 3.00 e. The molecule has 0 heterocycles. The van der Waals surface area contributed by atoms with Gasteiger partial charge in [-0.2, -0.15) is 0 Å². The van der Waals surface area contributed by atoms with E-state index in [2.05, 4.69) is 16.1 Å². The normalized spacial score (nSPS) is 8.77. The third-order valence-corrected chi connectivity index (χ3v) is 1.21. The van der Waals surface area contributed by atoms with E-state index < -0.39 is 0 Å². The number of hydroxylamine groups is 1. The molecule has 0 aliphatic rings. The first-order chi connectivity index (χ1) is 5.41. The molecule has 0 saturated heterocycles. The van der Waals surface area contributed by atoms with Crippen LogP contribution in [-0.4, -0.2) is 50.0 Å². The molecule has 0 rings (SSSR count). The second-order valence-corrected chi connectivity index (χ2v) is 2.20. The van der Waals surface area contributed by atoms with Gasteiger partial charge in [-0.25, -0.2) is 5.48 Å².